The van der Waals surface area contributed by atoms with Gasteiger partial charge in [0.25, 0.3) is 0 Å². The van der Waals surface area contributed by atoms with Crippen molar-refractivity contribution in [3.63, 3.8) is 0 Å². The number of benzene rings is 1. The molecule has 15 heavy (non-hydrogen) atoms. The van der Waals surface area contributed by atoms with Gasteiger partial charge in [-0.2, -0.15) is 0 Å². The van der Waals surface area contributed by atoms with Crippen LogP contribution >= 0.6 is 28.3 Å². The van der Waals surface area contributed by atoms with Gasteiger partial charge in [-0.25, -0.2) is 4.39 Å². The summed E-state index contributed by atoms with van der Waals surface area (Å²) in [5.41, 5.74) is 6.58. The minimum absolute atomic E-state index is 0. The number of hydrogen-bond donors (Lipinski definition) is 1. The van der Waals surface area contributed by atoms with E-state index < -0.39 is 0 Å². The molecule has 0 heterocycles. The monoisotopic (exact) mass is 293 g/mol. The molecule has 1 nitrogen and oxygen atoms in total. The van der Waals surface area contributed by atoms with Crippen molar-refractivity contribution in [2.24, 2.45) is 11.7 Å². The molecule has 1 aliphatic rings. The predicted molar refractivity (Wildman–Crippen MR) is 65.6 cm³/mol. The third kappa shape index (κ3) is 3.44. The lowest BCUT2D eigenvalue weighted by atomic mass is 10.0. The first-order valence-electron chi connectivity index (χ1n) is 4.87. The summed E-state index contributed by atoms with van der Waals surface area (Å²) >= 11 is 3.32. The molecule has 2 rings (SSSR count). The van der Waals surface area contributed by atoms with Crippen LogP contribution in [0.25, 0.3) is 0 Å². The molecule has 0 saturated heterocycles. The molecule has 0 unspecified atom stereocenters. The predicted octanol–water partition coefficient (Wildman–Crippen LogP) is 3.81. The van der Waals surface area contributed by atoms with Crippen LogP contribution < -0.4 is 5.73 Å². The van der Waals surface area contributed by atoms with Crippen LogP contribution in [0.15, 0.2) is 22.7 Å². The van der Waals surface area contributed by atoms with E-state index in [2.05, 4.69) is 15.9 Å². The van der Waals surface area contributed by atoms with E-state index >= 15 is 0 Å². The third-order valence-electron chi connectivity index (χ3n) is 2.64. The largest absolute Gasteiger partial charge is 0.324 e. The Bertz CT molecular complexity index is 341. The molecule has 4 heteroatoms. The van der Waals surface area contributed by atoms with Crippen LogP contribution in [0.1, 0.15) is 30.9 Å². The fraction of sp³-hybridized carbons (Fsp3) is 0.455. The summed E-state index contributed by atoms with van der Waals surface area (Å²) in [7, 11) is 0. The summed E-state index contributed by atoms with van der Waals surface area (Å²) in [5, 5.41) is 0. The van der Waals surface area contributed by atoms with Crippen molar-refractivity contribution in [3.8, 4) is 0 Å². The topological polar surface area (TPSA) is 26.0 Å². The first-order chi connectivity index (χ1) is 6.66. The van der Waals surface area contributed by atoms with Crippen molar-refractivity contribution in [2.45, 2.75) is 25.3 Å². The van der Waals surface area contributed by atoms with Crippen LogP contribution in [-0.4, -0.2) is 0 Å². The van der Waals surface area contributed by atoms with Crippen LogP contribution in [0.2, 0.25) is 0 Å². The maximum absolute atomic E-state index is 13.4. The second kappa shape index (κ2) is 5.28. The highest BCUT2D eigenvalue weighted by Gasteiger charge is 2.25. The van der Waals surface area contributed by atoms with Gasteiger partial charge in [-0.15, -0.1) is 12.4 Å². The highest BCUT2D eigenvalue weighted by molar-refractivity contribution is 9.10. The molecular formula is C11H14BrClFN. The van der Waals surface area contributed by atoms with Gasteiger partial charge in [0, 0.05) is 16.1 Å². The van der Waals surface area contributed by atoms with Gasteiger partial charge in [0.15, 0.2) is 0 Å². The molecule has 0 aliphatic heterocycles. The summed E-state index contributed by atoms with van der Waals surface area (Å²) < 4.78 is 14.3. The zero-order valence-corrected chi connectivity index (χ0v) is 10.7. The molecule has 0 bridgehead atoms. The summed E-state index contributed by atoms with van der Waals surface area (Å²) in [5.74, 6) is 0.532. The van der Waals surface area contributed by atoms with Crippen molar-refractivity contribution in [1.29, 1.82) is 0 Å². The van der Waals surface area contributed by atoms with E-state index in [4.69, 9.17) is 5.73 Å². The summed E-state index contributed by atoms with van der Waals surface area (Å²) in [6.07, 6.45) is 3.42. The van der Waals surface area contributed by atoms with Gasteiger partial charge in [-0.3, -0.25) is 0 Å². The quantitative estimate of drug-likeness (QED) is 0.901. The maximum atomic E-state index is 13.4. The Morgan fingerprint density at radius 3 is 2.73 bits per heavy atom. The summed E-state index contributed by atoms with van der Waals surface area (Å²) in [4.78, 5) is 0. The van der Waals surface area contributed by atoms with E-state index in [0.29, 0.717) is 5.56 Å². The van der Waals surface area contributed by atoms with Gasteiger partial charge in [-0.05, 0) is 30.5 Å². The molecule has 1 aromatic rings. The van der Waals surface area contributed by atoms with E-state index in [-0.39, 0.29) is 24.3 Å². The summed E-state index contributed by atoms with van der Waals surface area (Å²) in [6.45, 7) is 0. The Balaban J connectivity index is 0.00000112. The van der Waals surface area contributed by atoms with Gasteiger partial charge >= 0.3 is 0 Å². The highest BCUT2D eigenvalue weighted by atomic mass is 79.9. The smallest absolute Gasteiger partial charge is 0.128 e. The van der Waals surface area contributed by atoms with E-state index in [9.17, 15) is 4.39 Å². The molecule has 0 spiro atoms. The Kier molecular flexibility index (Phi) is 4.56. The molecule has 1 saturated carbocycles. The van der Waals surface area contributed by atoms with Crippen molar-refractivity contribution in [2.75, 3.05) is 0 Å². The summed E-state index contributed by atoms with van der Waals surface area (Å²) in [6, 6.07) is 4.79. The molecule has 1 aromatic carbocycles. The van der Waals surface area contributed by atoms with Crippen molar-refractivity contribution in [1.82, 2.24) is 0 Å². The second-order valence-electron chi connectivity index (χ2n) is 3.95. The number of rotatable bonds is 3. The standard InChI is InChI=1S/C11H13BrFN.ClH/c12-8-3-4-10(13)9(6-8)11(14)5-7-1-2-7;/h3-4,6-7,11H,1-2,5,14H2;1H/t11-;/m1./s1. The lowest BCUT2D eigenvalue weighted by molar-refractivity contribution is 0.542. The molecule has 0 amide bonds. The Morgan fingerprint density at radius 1 is 1.47 bits per heavy atom. The van der Waals surface area contributed by atoms with Crippen molar-refractivity contribution < 1.29 is 4.39 Å². The van der Waals surface area contributed by atoms with Crippen LogP contribution in [-0.2, 0) is 0 Å². The average molecular weight is 295 g/mol. The van der Waals surface area contributed by atoms with Gasteiger partial charge in [-0.1, -0.05) is 28.8 Å². The number of halogens is 3. The Labute approximate surface area is 104 Å². The molecule has 2 N–H and O–H groups in total. The van der Waals surface area contributed by atoms with Gasteiger partial charge in [0.2, 0.25) is 0 Å². The molecule has 1 atom stereocenters. The fourth-order valence-corrected chi connectivity index (χ4v) is 2.02. The molecule has 1 aliphatic carbocycles. The van der Waals surface area contributed by atoms with Crippen LogP contribution in [0.4, 0.5) is 4.39 Å². The minimum atomic E-state index is -0.193. The maximum Gasteiger partial charge on any atom is 0.128 e. The Hall–Kier alpha value is -0.120. The second-order valence-corrected chi connectivity index (χ2v) is 4.87. The van der Waals surface area contributed by atoms with Crippen molar-refractivity contribution in [3.05, 3.63) is 34.1 Å². The van der Waals surface area contributed by atoms with E-state index in [1.54, 1.807) is 12.1 Å². The van der Waals surface area contributed by atoms with Crippen LogP contribution in [0, 0.1) is 11.7 Å². The zero-order chi connectivity index (χ0) is 10.1. The zero-order valence-electron chi connectivity index (χ0n) is 8.25. The van der Waals surface area contributed by atoms with Gasteiger partial charge < -0.3 is 5.73 Å². The lowest BCUT2D eigenvalue weighted by Crippen LogP contribution is -2.12. The van der Waals surface area contributed by atoms with Gasteiger partial charge in [0.1, 0.15) is 5.82 Å². The van der Waals surface area contributed by atoms with Crippen LogP contribution in [0.5, 0.6) is 0 Å². The molecule has 0 aromatic heterocycles. The Morgan fingerprint density at radius 2 is 2.13 bits per heavy atom. The van der Waals surface area contributed by atoms with E-state index in [0.717, 1.165) is 16.8 Å². The van der Waals surface area contributed by atoms with Gasteiger partial charge in [0.05, 0.1) is 0 Å². The first-order valence-corrected chi connectivity index (χ1v) is 5.66. The average Bonchev–Trinajstić information content (AvgIpc) is 2.93. The first kappa shape index (κ1) is 12.9. The number of nitrogens with two attached hydrogens (primary N) is 1. The minimum Gasteiger partial charge on any atom is -0.324 e. The van der Waals surface area contributed by atoms with E-state index in [1.165, 1.54) is 18.9 Å². The molecule has 1 fully saturated rings. The third-order valence-corrected chi connectivity index (χ3v) is 3.13. The number of hydrogen-bond acceptors (Lipinski definition) is 1. The molecule has 0 radical (unpaired) electrons. The molecule has 84 valence electrons. The van der Waals surface area contributed by atoms with E-state index in [1.807, 2.05) is 0 Å². The van der Waals surface area contributed by atoms with Crippen LogP contribution in [0.3, 0.4) is 0 Å². The SMILES string of the molecule is Cl.N[C@H](CC1CC1)c1cc(Br)ccc1F. The van der Waals surface area contributed by atoms with Crippen molar-refractivity contribution >= 4 is 28.3 Å². The lowest BCUT2D eigenvalue weighted by Gasteiger charge is -2.12. The highest BCUT2D eigenvalue weighted by Crippen LogP contribution is 2.37. The fourth-order valence-electron chi connectivity index (χ4n) is 1.64. The molecular weight excluding hydrogens is 280 g/mol. The normalized spacial score (nSPS) is 17.0.